The van der Waals surface area contributed by atoms with Crippen molar-refractivity contribution < 1.29 is 23.5 Å². The fraction of sp³-hybridized carbons (Fsp3) is 0.0952. The number of para-hydroxylation sites is 1. The van der Waals surface area contributed by atoms with Gasteiger partial charge in [-0.05, 0) is 24.3 Å². The lowest BCUT2D eigenvalue weighted by Gasteiger charge is -2.10. The molecule has 0 atom stereocenters. The average molecular weight is 376 g/mol. The highest BCUT2D eigenvalue weighted by atomic mass is 16.5. The zero-order valence-electron chi connectivity index (χ0n) is 15.2. The van der Waals surface area contributed by atoms with Crippen molar-refractivity contribution >= 4 is 39.5 Å². The number of pyridine rings is 1. The number of rotatable bonds is 4. The molecule has 4 aromatic rings. The molecular formula is C21H16N2O5. The van der Waals surface area contributed by atoms with E-state index in [0.717, 1.165) is 16.4 Å². The van der Waals surface area contributed by atoms with Gasteiger partial charge in [-0.3, -0.25) is 9.78 Å². The molecule has 0 aliphatic rings. The van der Waals surface area contributed by atoms with Crippen LogP contribution in [-0.4, -0.2) is 31.1 Å². The lowest BCUT2D eigenvalue weighted by Crippen LogP contribution is -2.15. The van der Waals surface area contributed by atoms with Crippen molar-refractivity contribution in [3.63, 3.8) is 0 Å². The topological polar surface area (TPSA) is 90.7 Å². The Hall–Kier alpha value is -3.87. The van der Waals surface area contributed by atoms with Gasteiger partial charge in [0.15, 0.2) is 0 Å². The Balaban J connectivity index is 1.67. The maximum Gasteiger partial charge on any atom is 0.339 e. The van der Waals surface area contributed by atoms with E-state index in [1.54, 1.807) is 6.07 Å². The third kappa shape index (κ3) is 3.03. The maximum absolute atomic E-state index is 12.6. The number of hydrogen-bond donors (Lipinski definition) is 1. The van der Waals surface area contributed by atoms with Gasteiger partial charge >= 0.3 is 5.97 Å². The zero-order valence-corrected chi connectivity index (χ0v) is 15.2. The summed E-state index contributed by atoms with van der Waals surface area (Å²) < 4.78 is 15.9. The van der Waals surface area contributed by atoms with Gasteiger partial charge in [0.05, 0.1) is 25.5 Å². The van der Waals surface area contributed by atoms with Gasteiger partial charge in [0, 0.05) is 23.0 Å². The van der Waals surface area contributed by atoms with Gasteiger partial charge < -0.3 is 19.2 Å². The number of hydrogen-bond acceptors (Lipinski definition) is 6. The summed E-state index contributed by atoms with van der Waals surface area (Å²) in [6.45, 7) is 0. The highest BCUT2D eigenvalue weighted by molar-refractivity contribution is 6.09. The first-order chi connectivity index (χ1) is 13.6. The van der Waals surface area contributed by atoms with E-state index < -0.39 is 11.9 Å². The minimum atomic E-state index is -0.517. The van der Waals surface area contributed by atoms with E-state index in [0.29, 0.717) is 17.0 Å². The van der Waals surface area contributed by atoms with Gasteiger partial charge in [-0.1, -0.05) is 18.2 Å². The van der Waals surface area contributed by atoms with Crippen LogP contribution >= 0.6 is 0 Å². The number of anilines is 1. The van der Waals surface area contributed by atoms with Gasteiger partial charge in [-0.25, -0.2) is 4.79 Å². The quantitative estimate of drug-likeness (QED) is 0.541. The lowest BCUT2D eigenvalue weighted by molar-refractivity contribution is 0.0600. The van der Waals surface area contributed by atoms with E-state index in [2.05, 4.69) is 15.0 Å². The summed E-state index contributed by atoms with van der Waals surface area (Å²) in [4.78, 5) is 28.1. The number of esters is 1. The van der Waals surface area contributed by atoms with Gasteiger partial charge in [-0.15, -0.1) is 0 Å². The van der Waals surface area contributed by atoms with Crippen LogP contribution in [-0.2, 0) is 4.74 Å². The summed E-state index contributed by atoms with van der Waals surface area (Å²) in [6, 6.07) is 14.1. The molecule has 0 aliphatic carbocycles. The summed E-state index contributed by atoms with van der Waals surface area (Å²) in [5, 5.41) is 4.64. The van der Waals surface area contributed by atoms with Crippen molar-refractivity contribution in [1.29, 1.82) is 0 Å². The first-order valence-corrected chi connectivity index (χ1v) is 8.45. The third-order valence-electron chi connectivity index (χ3n) is 4.36. The molecular weight excluding hydrogens is 360 g/mol. The number of methoxy groups -OCH3 is 2. The van der Waals surface area contributed by atoms with Crippen molar-refractivity contribution in [2.75, 3.05) is 19.5 Å². The largest absolute Gasteiger partial charge is 0.495 e. The van der Waals surface area contributed by atoms with Gasteiger partial charge in [0.2, 0.25) is 0 Å². The first-order valence-electron chi connectivity index (χ1n) is 8.45. The number of ether oxygens (including phenoxy) is 2. The molecule has 2 heterocycles. The third-order valence-corrected chi connectivity index (χ3v) is 4.36. The number of furan rings is 1. The standard InChI is InChI=1S/C21H16N2O5/c1-26-19-9-14-13-5-3-4-6-17(13)28-18(14)10-16(19)23-20(24)15-8-7-12(11-22-15)21(25)27-2/h3-11H,1-2H3,(H,23,24). The van der Waals surface area contributed by atoms with E-state index in [9.17, 15) is 9.59 Å². The Morgan fingerprint density at radius 1 is 1.00 bits per heavy atom. The van der Waals surface area contributed by atoms with Gasteiger partial charge in [-0.2, -0.15) is 0 Å². The molecule has 140 valence electrons. The fourth-order valence-corrected chi connectivity index (χ4v) is 2.97. The second-order valence-corrected chi connectivity index (χ2v) is 6.02. The molecule has 2 aromatic heterocycles. The average Bonchev–Trinajstić information content (AvgIpc) is 3.10. The predicted octanol–water partition coefficient (Wildman–Crippen LogP) is 4.03. The van der Waals surface area contributed by atoms with Crippen molar-refractivity contribution in [1.82, 2.24) is 4.98 Å². The van der Waals surface area contributed by atoms with Crippen molar-refractivity contribution in [3.05, 3.63) is 66.0 Å². The molecule has 0 bridgehead atoms. The van der Waals surface area contributed by atoms with E-state index in [4.69, 9.17) is 9.15 Å². The van der Waals surface area contributed by atoms with Crippen LogP contribution in [0.2, 0.25) is 0 Å². The van der Waals surface area contributed by atoms with E-state index in [1.165, 1.54) is 32.5 Å². The van der Waals surface area contributed by atoms with Crippen LogP contribution in [0.4, 0.5) is 5.69 Å². The molecule has 2 aromatic carbocycles. The summed E-state index contributed by atoms with van der Waals surface area (Å²) >= 11 is 0. The number of carbonyl (C=O) groups is 2. The van der Waals surface area contributed by atoms with E-state index in [1.807, 2.05) is 30.3 Å². The number of carbonyl (C=O) groups excluding carboxylic acids is 2. The molecule has 0 saturated carbocycles. The molecule has 7 nitrogen and oxygen atoms in total. The molecule has 0 fully saturated rings. The van der Waals surface area contributed by atoms with Crippen LogP contribution in [0, 0.1) is 0 Å². The smallest absolute Gasteiger partial charge is 0.339 e. The summed E-state index contributed by atoms with van der Waals surface area (Å²) in [6.07, 6.45) is 1.29. The highest BCUT2D eigenvalue weighted by Gasteiger charge is 2.16. The maximum atomic E-state index is 12.6. The Kier molecular flexibility index (Phi) is 4.41. The number of benzene rings is 2. The number of aromatic nitrogens is 1. The van der Waals surface area contributed by atoms with Crippen LogP contribution in [0.1, 0.15) is 20.8 Å². The second-order valence-electron chi connectivity index (χ2n) is 6.02. The second kappa shape index (κ2) is 7.03. The summed E-state index contributed by atoms with van der Waals surface area (Å²) in [5.41, 5.74) is 2.26. The minimum absolute atomic E-state index is 0.152. The van der Waals surface area contributed by atoms with E-state index >= 15 is 0 Å². The zero-order chi connectivity index (χ0) is 19.7. The SMILES string of the molecule is COC(=O)c1ccc(C(=O)Nc2cc3oc4ccccc4c3cc2OC)nc1. The predicted molar refractivity (Wildman–Crippen MR) is 104 cm³/mol. The van der Waals surface area contributed by atoms with E-state index in [-0.39, 0.29) is 11.3 Å². The van der Waals surface area contributed by atoms with Crippen LogP contribution in [0.25, 0.3) is 21.9 Å². The van der Waals surface area contributed by atoms with Gasteiger partial charge in [0.25, 0.3) is 5.91 Å². The number of nitrogens with one attached hydrogen (secondary N) is 1. The van der Waals surface area contributed by atoms with Crippen molar-refractivity contribution in [3.8, 4) is 5.75 Å². The number of nitrogens with zero attached hydrogens (tertiary/aromatic N) is 1. The molecule has 0 radical (unpaired) electrons. The van der Waals surface area contributed by atoms with Crippen molar-refractivity contribution in [2.45, 2.75) is 0 Å². The Bertz CT molecular complexity index is 1190. The molecule has 0 aliphatic heterocycles. The molecule has 7 heteroatoms. The molecule has 0 spiro atoms. The van der Waals surface area contributed by atoms with Gasteiger partial charge in [0.1, 0.15) is 22.6 Å². The molecule has 0 unspecified atom stereocenters. The Labute approximate surface area is 159 Å². The van der Waals surface area contributed by atoms with Crippen LogP contribution in [0.15, 0.2) is 59.1 Å². The highest BCUT2D eigenvalue weighted by Crippen LogP contribution is 2.36. The molecule has 0 saturated heterocycles. The number of amides is 1. The van der Waals surface area contributed by atoms with Crippen molar-refractivity contribution in [2.24, 2.45) is 0 Å². The summed E-state index contributed by atoms with van der Waals surface area (Å²) in [5.74, 6) is -0.458. The molecule has 1 N–H and O–H groups in total. The summed E-state index contributed by atoms with van der Waals surface area (Å²) in [7, 11) is 2.81. The van der Waals surface area contributed by atoms with Crippen LogP contribution in [0.3, 0.4) is 0 Å². The normalized spacial score (nSPS) is 10.8. The monoisotopic (exact) mass is 376 g/mol. The Morgan fingerprint density at radius 3 is 2.54 bits per heavy atom. The first kappa shape index (κ1) is 17.5. The number of fused-ring (bicyclic) bond motifs is 3. The van der Waals surface area contributed by atoms with Crippen LogP contribution < -0.4 is 10.1 Å². The minimum Gasteiger partial charge on any atom is -0.495 e. The molecule has 1 amide bonds. The Morgan fingerprint density at radius 2 is 1.82 bits per heavy atom. The molecule has 28 heavy (non-hydrogen) atoms. The molecule has 4 rings (SSSR count). The fourth-order valence-electron chi connectivity index (χ4n) is 2.97. The van der Waals surface area contributed by atoms with Crippen LogP contribution in [0.5, 0.6) is 5.75 Å². The lowest BCUT2D eigenvalue weighted by atomic mass is 10.1.